The number of rotatable bonds is 1. The van der Waals surface area contributed by atoms with Crippen LogP contribution in [0.25, 0.3) is 0 Å². The van der Waals surface area contributed by atoms with Gasteiger partial charge in [0, 0.05) is 18.7 Å². The molecule has 1 fully saturated rings. The molecule has 1 amide bonds. The Kier molecular flexibility index (Phi) is 2.46. The number of hydrogen-bond acceptors (Lipinski definition) is 1. The van der Waals surface area contributed by atoms with E-state index in [0.29, 0.717) is 13.0 Å². The third-order valence-electron chi connectivity index (χ3n) is 2.42. The second-order valence-electron chi connectivity index (χ2n) is 3.64. The van der Waals surface area contributed by atoms with Crippen LogP contribution in [-0.2, 0) is 4.79 Å². The highest BCUT2D eigenvalue weighted by Gasteiger charge is 2.28. The number of carbonyl (C=O) groups is 1. The molecule has 1 aliphatic rings. The highest BCUT2D eigenvalue weighted by atomic mass is 35.5. The van der Waals surface area contributed by atoms with Gasteiger partial charge in [0.2, 0.25) is 5.91 Å². The van der Waals surface area contributed by atoms with Crippen molar-refractivity contribution in [2.75, 3.05) is 11.4 Å². The number of hydrogen-bond donors (Lipinski definition) is 0. The summed E-state index contributed by atoms with van der Waals surface area (Å²) in [5, 5.41) is -0.0381. The number of anilines is 1. The average molecular weight is 210 g/mol. The van der Waals surface area contributed by atoms with E-state index in [2.05, 4.69) is 0 Å². The van der Waals surface area contributed by atoms with Gasteiger partial charge in [0.05, 0.1) is 5.38 Å². The van der Waals surface area contributed by atoms with Crippen LogP contribution in [-0.4, -0.2) is 17.8 Å². The van der Waals surface area contributed by atoms with E-state index in [4.69, 9.17) is 11.6 Å². The van der Waals surface area contributed by atoms with E-state index < -0.39 is 0 Å². The van der Waals surface area contributed by atoms with Gasteiger partial charge >= 0.3 is 0 Å². The minimum Gasteiger partial charge on any atom is -0.311 e. The van der Waals surface area contributed by atoms with Crippen LogP contribution in [0.15, 0.2) is 24.3 Å². The number of aryl methyl sites for hydroxylation is 1. The van der Waals surface area contributed by atoms with E-state index in [1.54, 1.807) is 4.90 Å². The molecule has 1 aromatic rings. The van der Waals surface area contributed by atoms with Crippen molar-refractivity contribution < 1.29 is 4.79 Å². The molecule has 1 unspecified atom stereocenters. The number of alkyl halides is 1. The molecule has 0 bridgehead atoms. The van der Waals surface area contributed by atoms with Crippen molar-refractivity contribution in [3.8, 4) is 0 Å². The molecule has 1 atom stereocenters. The van der Waals surface area contributed by atoms with Crippen molar-refractivity contribution in [1.29, 1.82) is 0 Å². The molecule has 0 radical (unpaired) electrons. The predicted molar refractivity (Wildman–Crippen MR) is 57.8 cm³/mol. The van der Waals surface area contributed by atoms with Gasteiger partial charge < -0.3 is 4.90 Å². The Balaban J connectivity index is 2.23. The fourth-order valence-electron chi connectivity index (χ4n) is 1.64. The monoisotopic (exact) mass is 209 g/mol. The molecule has 1 aromatic carbocycles. The van der Waals surface area contributed by atoms with E-state index in [1.165, 1.54) is 5.56 Å². The molecule has 2 rings (SSSR count). The Labute approximate surface area is 88.5 Å². The summed E-state index contributed by atoms with van der Waals surface area (Å²) < 4.78 is 0. The van der Waals surface area contributed by atoms with Gasteiger partial charge in [-0.05, 0) is 19.1 Å². The fourth-order valence-corrected chi connectivity index (χ4v) is 1.91. The molecule has 1 heterocycles. The maximum atomic E-state index is 11.5. The third kappa shape index (κ3) is 1.75. The Bertz CT molecular complexity index is 347. The minimum atomic E-state index is -0.0381. The smallest absolute Gasteiger partial charge is 0.228 e. The summed E-state index contributed by atoms with van der Waals surface area (Å²) >= 11 is 5.92. The molecule has 2 nitrogen and oxygen atoms in total. The van der Waals surface area contributed by atoms with Crippen LogP contribution in [0.2, 0.25) is 0 Å². The highest BCUT2D eigenvalue weighted by molar-refractivity contribution is 6.24. The van der Waals surface area contributed by atoms with Crippen LogP contribution in [0.4, 0.5) is 5.69 Å². The number of carbonyl (C=O) groups excluding carboxylic acids is 1. The van der Waals surface area contributed by atoms with Crippen molar-refractivity contribution in [3.63, 3.8) is 0 Å². The second kappa shape index (κ2) is 3.62. The molecule has 0 saturated carbocycles. The first kappa shape index (κ1) is 9.53. The van der Waals surface area contributed by atoms with Crippen molar-refractivity contribution in [2.45, 2.75) is 18.7 Å². The predicted octanol–water partition coefficient (Wildman–Crippen LogP) is 2.34. The average Bonchev–Trinajstić information content (AvgIpc) is 2.47. The highest BCUT2D eigenvalue weighted by Crippen LogP contribution is 2.24. The van der Waals surface area contributed by atoms with Crippen molar-refractivity contribution in [3.05, 3.63) is 29.8 Å². The summed E-state index contributed by atoms with van der Waals surface area (Å²) in [7, 11) is 0. The van der Waals surface area contributed by atoms with Crippen molar-refractivity contribution >= 4 is 23.2 Å². The number of benzene rings is 1. The molecule has 3 heteroatoms. The maximum absolute atomic E-state index is 11.5. The lowest BCUT2D eigenvalue weighted by molar-refractivity contribution is -0.117. The van der Waals surface area contributed by atoms with Crippen molar-refractivity contribution in [1.82, 2.24) is 0 Å². The standard InChI is InChI=1S/C11H12ClNO/c1-8-2-4-10(5-3-8)13-7-9(12)6-11(13)14/h2-5,9H,6-7H2,1H3. The largest absolute Gasteiger partial charge is 0.311 e. The third-order valence-corrected chi connectivity index (χ3v) is 2.72. The second-order valence-corrected chi connectivity index (χ2v) is 4.26. The summed E-state index contributed by atoms with van der Waals surface area (Å²) in [6, 6.07) is 7.93. The fraction of sp³-hybridized carbons (Fsp3) is 0.364. The van der Waals surface area contributed by atoms with E-state index in [-0.39, 0.29) is 11.3 Å². The van der Waals surface area contributed by atoms with Gasteiger partial charge in [-0.3, -0.25) is 4.79 Å². The summed E-state index contributed by atoms with van der Waals surface area (Å²) in [6.45, 7) is 2.66. The summed E-state index contributed by atoms with van der Waals surface area (Å²) in [4.78, 5) is 13.3. The molecule has 1 saturated heterocycles. The minimum absolute atomic E-state index is 0.0381. The van der Waals surface area contributed by atoms with Crippen molar-refractivity contribution in [2.24, 2.45) is 0 Å². The Morgan fingerprint density at radius 3 is 2.50 bits per heavy atom. The topological polar surface area (TPSA) is 20.3 Å². The number of halogens is 1. The van der Waals surface area contributed by atoms with E-state index in [9.17, 15) is 4.79 Å². The van der Waals surface area contributed by atoms with Gasteiger partial charge in [-0.1, -0.05) is 17.7 Å². The summed E-state index contributed by atoms with van der Waals surface area (Å²) in [5.74, 6) is 0.119. The first-order valence-electron chi connectivity index (χ1n) is 4.68. The molecule has 0 spiro atoms. The lowest BCUT2D eigenvalue weighted by atomic mass is 10.2. The molecule has 0 aromatic heterocycles. The molecule has 0 aliphatic carbocycles. The first-order chi connectivity index (χ1) is 6.66. The zero-order valence-corrected chi connectivity index (χ0v) is 8.79. The van der Waals surface area contributed by atoms with Gasteiger partial charge in [-0.25, -0.2) is 0 Å². The van der Waals surface area contributed by atoms with Gasteiger partial charge in [0.25, 0.3) is 0 Å². The van der Waals surface area contributed by atoms with Crippen LogP contribution in [0, 0.1) is 6.92 Å². The van der Waals surface area contributed by atoms with Gasteiger partial charge in [0.1, 0.15) is 0 Å². The number of amides is 1. The normalized spacial score (nSPS) is 21.7. The van der Waals surface area contributed by atoms with E-state index in [0.717, 1.165) is 5.69 Å². The Hall–Kier alpha value is -1.02. The Morgan fingerprint density at radius 1 is 1.36 bits per heavy atom. The molecule has 14 heavy (non-hydrogen) atoms. The van der Waals surface area contributed by atoms with Gasteiger partial charge in [0.15, 0.2) is 0 Å². The molecular weight excluding hydrogens is 198 g/mol. The number of nitrogens with zero attached hydrogens (tertiary/aromatic N) is 1. The summed E-state index contributed by atoms with van der Waals surface area (Å²) in [5.41, 5.74) is 2.14. The quantitative estimate of drug-likeness (QED) is 0.651. The maximum Gasteiger partial charge on any atom is 0.228 e. The van der Waals surface area contributed by atoms with Gasteiger partial charge in [-0.2, -0.15) is 0 Å². The van der Waals surface area contributed by atoms with Crippen LogP contribution in [0.1, 0.15) is 12.0 Å². The van der Waals surface area contributed by atoms with Crippen LogP contribution in [0.5, 0.6) is 0 Å². The molecular formula is C11H12ClNO. The van der Waals surface area contributed by atoms with Crippen LogP contribution >= 0.6 is 11.6 Å². The molecule has 74 valence electrons. The molecule has 1 aliphatic heterocycles. The Morgan fingerprint density at radius 2 is 2.00 bits per heavy atom. The van der Waals surface area contributed by atoms with Crippen LogP contribution < -0.4 is 4.90 Å². The van der Waals surface area contributed by atoms with Crippen LogP contribution in [0.3, 0.4) is 0 Å². The SMILES string of the molecule is Cc1ccc(N2CC(Cl)CC2=O)cc1. The van der Waals surface area contributed by atoms with E-state index in [1.807, 2.05) is 31.2 Å². The lowest BCUT2D eigenvalue weighted by Crippen LogP contribution is -2.24. The zero-order chi connectivity index (χ0) is 10.1. The molecule has 0 N–H and O–H groups in total. The lowest BCUT2D eigenvalue weighted by Gasteiger charge is -2.15. The van der Waals surface area contributed by atoms with E-state index >= 15 is 0 Å². The van der Waals surface area contributed by atoms with Gasteiger partial charge in [-0.15, -0.1) is 11.6 Å². The first-order valence-corrected chi connectivity index (χ1v) is 5.11. The zero-order valence-electron chi connectivity index (χ0n) is 8.03. The summed E-state index contributed by atoms with van der Waals surface area (Å²) in [6.07, 6.45) is 0.454.